The van der Waals surface area contributed by atoms with Crippen LogP contribution in [-0.4, -0.2) is 17.0 Å². The van der Waals surface area contributed by atoms with Gasteiger partial charge in [0.15, 0.2) is 5.84 Å². The molecule has 0 bridgehead atoms. The van der Waals surface area contributed by atoms with E-state index in [0.29, 0.717) is 28.6 Å². The van der Waals surface area contributed by atoms with Crippen LogP contribution < -0.4 is 11.1 Å². The zero-order valence-electron chi connectivity index (χ0n) is 9.99. The van der Waals surface area contributed by atoms with Crippen molar-refractivity contribution in [2.75, 3.05) is 5.32 Å². The Morgan fingerprint density at radius 1 is 1.42 bits per heavy atom. The first-order valence-electron chi connectivity index (χ1n) is 5.74. The predicted octanol–water partition coefficient (Wildman–Crippen LogP) is 2.85. The predicted molar refractivity (Wildman–Crippen MR) is 74.8 cm³/mol. The summed E-state index contributed by atoms with van der Waals surface area (Å²) in [7, 11) is 0. The Kier molecular flexibility index (Phi) is 3.87. The van der Waals surface area contributed by atoms with Crippen LogP contribution in [0.4, 0.5) is 5.69 Å². The van der Waals surface area contributed by atoms with E-state index in [1.807, 2.05) is 0 Å². The maximum absolute atomic E-state index is 12.3. The highest BCUT2D eigenvalue weighted by Crippen LogP contribution is 2.42. The molecule has 5 nitrogen and oxygen atoms in total. The molecule has 1 amide bonds. The number of benzene rings is 1. The van der Waals surface area contributed by atoms with Crippen LogP contribution in [0.25, 0.3) is 0 Å². The molecule has 1 aliphatic carbocycles. The van der Waals surface area contributed by atoms with Gasteiger partial charge in [-0.15, -0.1) is 0 Å². The number of anilines is 1. The lowest BCUT2D eigenvalue weighted by atomic mass is 9.67. The third-order valence-electron chi connectivity index (χ3n) is 3.42. The maximum Gasteiger partial charge on any atom is 0.238 e. The molecule has 1 aromatic carbocycles. The van der Waals surface area contributed by atoms with Crippen molar-refractivity contribution in [3.63, 3.8) is 0 Å². The van der Waals surface area contributed by atoms with Crippen LogP contribution in [0.5, 0.6) is 0 Å². The molecular weight excluding hydrogens is 289 g/mol. The number of nitrogens with two attached hydrogens (primary N) is 1. The van der Waals surface area contributed by atoms with Crippen LogP contribution in [0, 0.1) is 5.41 Å². The molecule has 2 rings (SSSR count). The fourth-order valence-corrected chi connectivity index (χ4v) is 2.40. The van der Waals surface area contributed by atoms with Crippen LogP contribution in [-0.2, 0) is 4.79 Å². The van der Waals surface area contributed by atoms with Crippen molar-refractivity contribution in [1.82, 2.24) is 0 Å². The number of amides is 1. The summed E-state index contributed by atoms with van der Waals surface area (Å²) < 4.78 is 0. The molecule has 1 fully saturated rings. The fourth-order valence-electron chi connectivity index (χ4n) is 2.06. The van der Waals surface area contributed by atoms with Gasteiger partial charge in [-0.3, -0.25) is 4.79 Å². The van der Waals surface area contributed by atoms with Gasteiger partial charge in [-0.2, -0.15) is 0 Å². The first-order valence-corrected chi connectivity index (χ1v) is 6.50. The number of amidine groups is 1. The summed E-state index contributed by atoms with van der Waals surface area (Å²) in [6.45, 7) is 0. The topological polar surface area (TPSA) is 87.7 Å². The zero-order chi connectivity index (χ0) is 14.0. The summed E-state index contributed by atoms with van der Waals surface area (Å²) in [6.07, 6.45) is 1.95. The standard InChI is InChI=1S/C12H13Cl2N3O2/c13-7-2-3-8(14)9(6-7)16-11(18)12(4-1-5-12)10(15)17-19/h2-3,6,19H,1,4-5H2,(H2,15,17)(H,16,18). The minimum Gasteiger partial charge on any atom is -0.409 e. The maximum atomic E-state index is 12.3. The number of carbonyl (C=O) groups excluding carboxylic acids is 1. The minimum atomic E-state index is -0.944. The van der Waals surface area contributed by atoms with Gasteiger partial charge < -0.3 is 16.3 Å². The zero-order valence-corrected chi connectivity index (χ0v) is 11.5. The molecule has 1 aromatic rings. The Bertz CT molecular complexity index is 542. The molecule has 0 aromatic heterocycles. The molecule has 19 heavy (non-hydrogen) atoms. The van der Waals surface area contributed by atoms with Crippen LogP contribution in [0.15, 0.2) is 23.4 Å². The number of hydrogen-bond donors (Lipinski definition) is 3. The third kappa shape index (κ3) is 2.48. The highest BCUT2D eigenvalue weighted by atomic mass is 35.5. The highest BCUT2D eigenvalue weighted by Gasteiger charge is 2.48. The molecule has 1 saturated carbocycles. The van der Waals surface area contributed by atoms with Gasteiger partial charge in [0, 0.05) is 5.02 Å². The van der Waals surface area contributed by atoms with Crippen molar-refractivity contribution in [3.05, 3.63) is 28.2 Å². The molecule has 0 atom stereocenters. The molecule has 4 N–H and O–H groups in total. The van der Waals surface area contributed by atoms with Crippen molar-refractivity contribution < 1.29 is 10.0 Å². The van der Waals surface area contributed by atoms with Gasteiger partial charge in [0.2, 0.25) is 5.91 Å². The Morgan fingerprint density at radius 2 is 2.11 bits per heavy atom. The van der Waals surface area contributed by atoms with E-state index in [1.54, 1.807) is 18.2 Å². The lowest BCUT2D eigenvalue weighted by Crippen LogP contribution is -2.51. The Balaban J connectivity index is 2.23. The van der Waals surface area contributed by atoms with Gasteiger partial charge in [0.1, 0.15) is 5.41 Å². The monoisotopic (exact) mass is 301 g/mol. The van der Waals surface area contributed by atoms with E-state index in [1.165, 1.54) is 0 Å². The number of halogens is 2. The molecule has 0 radical (unpaired) electrons. The van der Waals surface area contributed by atoms with Gasteiger partial charge in [-0.1, -0.05) is 34.8 Å². The first kappa shape index (κ1) is 14.0. The van der Waals surface area contributed by atoms with E-state index in [4.69, 9.17) is 34.1 Å². The van der Waals surface area contributed by atoms with Crippen molar-refractivity contribution in [3.8, 4) is 0 Å². The van der Waals surface area contributed by atoms with E-state index in [9.17, 15) is 4.79 Å². The van der Waals surface area contributed by atoms with Crippen LogP contribution in [0.1, 0.15) is 19.3 Å². The SMILES string of the molecule is N/C(=N/O)C1(C(=O)Nc2cc(Cl)ccc2Cl)CCC1. The first-order chi connectivity index (χ1) is 8.99. The molecule has 0 aliphatic heterocycles. The van der Waals surface area contributed by atoms with Crippen molar-refractivity contribution in [1.29, 1.82) is 0 Å². The van der Waals surface area contributed by atoms with Crippen LogP contribution in [0.2, 0.25) is 10.0 Å². The van der Waals surface area contributed by atoms with Crippen molar-refractivity contribution >= 4 is 40.6 Å². The number of carbonyl (C=O) groups is 1. The molecule has 1 aliphatic rings. The molecule has 0 heterocycles. The summed E-state index contributed by atoms with van der Waals surface area (Å²) in [6, 6.07) is 4.78. The van der Waals surface area contributed by atoms with Crippen LogP contribution in [0.3, 0.4) is 0 Å². The second-order valence-corrected chi connectivity index (χ2v) is 5.34. The number of nitrogens with one attached hydrogen (secondary N) is 1. The number of rotatable bonds is 3. The molecule has 0 spiro atoms. The minimum absolute atomic E-state index is 0.0746. The number of nitrogens with zero attached hydrogens (tertiary/aromatic N) is 1. The summed E-state index contributed by atoms with van der Waals surface area (Å²) in [5.41, 5.74) is 5.08. The van der Waals surface area contributed by atoms with Crippen LogP contribution >= 0.6 is 23.2 Å². The van der Waals surface area contributed by atoms with Gasteiger partial charge in [0.05, 0.1) is 10.7 Å². The smallest absolute Gasteiger partial charge is 0.238 e. The summed E-state index contributed by atoms with van der Waals surface area (Å²) in [5, 5.41) is 15.3. The summed E-state index contributed by atoms with van der Waals surface area (Å²) >= 11 is 11.8. The average Bonchev–Trinajstić information content (AvgIpc) is 2.32. The number of oxime groups is 1. The van der Waals surface area contributed by atoms with Gasteiger partial charge in [0.25, 0.3) is 0 Å². The van der Waals surface area contributed by atoms with E-state index in [2.05, 4.69) is 10.5 Å². The van der Waals surface area contributed by atoms with Gasteiger partial charge in [-0.25, -0.2) is 0 Å². The second kappa shape index (κ2) is 5.27. The van der Waals surface area contributed by atoms with Gasteiger partial charge in [-0.05, 0) is 31.0 Å². The molecule has 0 saturated heterocycles. The van der Waals surface area contributed by atoms with Crippen molar-refractivity contribution in [2.45, 2.75) is 19.3 Å². The van der Waals surface area contributed by atoms with E-state index in [0.717, 1.165) is 6.42 Å². The van der Waals surface area contributed by atoms with Gasteiger partial charge >= 0.3 is 0 Å². The summed E-state index contributed by atoms with van der Waals surface area (Å²) in [5.74, 6) is -0.410. The Hall–Kier alpha value is -1.46. The molecule has 0 unspecified atom stereocenters. The normalized spacial score (nSPS) is 17.7. The second-order valence-electron chi connectivity index (χ2n) is 4.50. The Labute approximate surface area is 120 Å². The quantitative estimate of drug-likeness (QED) is 0.347. The average molecular weight is 302 g/mol. The van der Waals surface area contributed by atoms with Crippen molar-refractivity contribution in [2.24, 2.45) is 16.3 Å². The van der Waals surface area contributed by atoms with E-state index < -0.39 is 5.41 Å². The molecule has 7 heteroatoms. The van der Waals surface area contributed by atoms with E-state index in [-0.39, 0.29) is 11.7 Å². The molecular formula is C12H13Cl2N3O2. The van der Waals surface area contributed by atoms with E-state index >= 15 is 0 Å². The number of hydrogen-bond acceptors (Lipinski definition) is 3. The Morgan fingerprint density at radius 3 is 2.63 bits per heavy atom. The largest absolute Gasteiger partial charge is 0.409 e. The lowest BCUT2D eigenvalue weighted by Gasteiger charge is -2.38. The third-order valence-corrected chi connectivity index (χ3v) is 3.98. The summed E-state index contributed by atoms with van der Waals surface area (Å²) in [4.78, 5) is 12.3. The lowest BCUT2D eigenvalue weighted by molar-refractivity contribution is -0.125. The fraction of sp³-hybridized carbons (Fsp3) is 0.333. The highest BCUT2D eigenvalue weighted by molar-refractivity contribution is 6.36. The molecule has 102 valence electrons.